The maximum absolute atomic E-state index is 12.3. The van der Waals surface area contributed by atoms with E-state index in [1.54, 1.807) is 42.5 Å². The van der Waals surface area contributed by atoms with Crippen molar-refractivity contribution in [3.8, 4) is 0 Å². The van der Waals surface area contributed by atoms with Crippen molar-refractivity contribution in [1.82, 2.24) is 4.98 Å². The first kappa shape index (κ1) is 12.7. The zero-order chi connectivity index (χ0) is 14.2. The fourth-order valence-electron chi connectivity index (χ4n) is 1.91. The maximum atomic E-state index is 12.3. The lowest BCUT2D eigenvalue weighted by Crippen LogP contribution is -2.05. The molecule has 1 heterocycles. The van der Waals surface area contributed by atoms with Crippen LogP contribution < -0.4 is 5.73 Å². The molecule has 0 aliphatic heterocycles. The fraction of sp³-hybridized carbons (Fsp3) is 0.0714. The Morgan fingerprint density at radius 3 is 2.60 bits per heavy atom. The molecule has 3 aromatic rings. The number of oxazole rings is 1. The molecule has 0 spiro atoms. The monoisotopic (exact) mass is 288 g/mol. The molecule has 0 bridgehead atoms. The Hall–Kier alpha value is -2.34. The summed E-state index contributed by atoms with van der Waals surface area (Å²) < 4.78 is 29.8. The van der Waals surface area contributed by atoms with Crippen LogP contribution in [-0.4, -0.2) is 13.4 Å². The van der Waals surface area contributed by atoms with Gasteiger partial charge in [-0.25, -0.2) is 8.42 Å². The summed E-state index contributed by atoms with van der Waals surface area (Å²) in [6, 6.07) is 13.8. The second-order valence-corrected chi connectivity index (χ2v) is 6.32. The largest absolute Gasteiger partial charge is 0.428 e. The quantitative estimate of drug-likeness (QED) is 0.748. The van der Waals surface area contributed by atoms with Crippen LogP contribution in [0, 0.1) is 0 Å². The maximum Gasteiger partial charge on any atom is 0.316 e. The van der Waals surface area contributed by atoms with Gasteiger partial charge in [0.05, 0.1) is 5.75 Å². The zero-order valence-corrected chi connectivity index (χ0v) is 11.3. The number of hydrogen-bond acceptors (Lipinski definition) is 5. The van der Waals surface area contributed by atoms with E-state index in [9.17, 15) is 8.42 Å². The van der Waals surface area contributed by atoms with Gasteiger partial charge in [-0.3, -0.25) is 0 Å². The van der Waals surface area contributed by atoms with E-state index in [2.05, 4.69) is 4.98 Å². The van der Waals surface area contributed by atoms with Crippen LogP contribution in [0.1, 0.15) is 5.56 Å². The molecule has 1 aromatic heterocycles. The Bertz CT molecular complexity index is 855. The summed E-state index contributed by atoms with van der Waals surface area (Å²) >= 11 is 0. The van der Waals surface area contributed by atoms with E-state index in [0.29, 0.717) is 22.4 Å². The molecule has 0 saturated carbocycles. The van der Waals surface area contributed by atoms with Crippen molar-refractivity contribution in [2.24, 2.45) is 0 Å². The first-order chi connectivity index (χ1) is 9.54. The molecule has 0 radical (unpaired) electrons. The smallest absolute Gasteiger partial charge is 0.316 e. The molecule has 20 heavy (non-hydrogen) atoms. The van der Waals surface area contributed by atoms with E-state index >= 15 is 0 Å². The predicted octanol–water partition coefficient (Wildman–Crippen LogP) is 2.38. The van der Waals surface area contributed by atoms with Crippen LogP contribution in [0.5, 0.6) is 0 Å². The molecule has 102 valence electrons. The van der Waals surface area contributed by atoms with Crippen LogP contribution >= 0.6 is 0 Å². The van der Waals surface area contributed by atoms with Crippen molar-refractivity contribution in [3.63, 3.8) is 0 Å². The van der Waals surface area contributed by atoms with Crippen molar-refractivity contribution >= 4 is 26.6 Å². The number of nitrogens with two attached hydrogens (primary N) is 1. The first-order valence-electron chi connectivity index (χ1n) is 5.97. The van der Waals surface area contributed by atoms with Crippen molar-refractivity contribution in [2.75, 3.05) is 5.73 Å². The van der Waals surface area contributed by atoms with E-state index < -0.39 is 9.84 Å². The highest BCUT2D eigenvalue weighted by molar-refractivity contribution is 7.90. The summed E-state index contributed by atoms with van der Waals surface area (Å²) in [5.41, 5.74) is 7.67. The molecule has 3 rings (SSSR count). The Kier molecular flexibility index (Phi) is 2.94. The number of benzene rings is 2. The van der Waals surface area contributed by atoms with Gasteiger partial charge in [-0.1, -0.05) is 30.3 Å². The lowest BCUT2D eigenvalue weighted by atomic mass is 10.2. The van der Waals surface area contributed by atoms with Crippen LogP contribution in [0.4, 0.5) is 5.69 Å². The third kappa shape index (κ3) is 2.37. The highest BCUT2D eigenvalue weighted by Crippen LogP contribution is 2.23. The first-order valence-corrected chi connectivity index (χ1v) is 7.62. The van der Waals surface area contributed by atoms with Gasteiger partial charge in [-0.2, -0.15) is 4.98 Å². The summed E-state index contributed by atoms with van der Waals surface area (Å²) in [6.45, 7) is 0. The van der Waals surface area contributed by atoms with Gasteiger partial charge in [-0.15, -0.1) is 0 Å². The average molecular weight is 288 g/mol. The van der Waals surface area contributed by atoms with Crippen molar-refractivity contribution in [1.29, 1.82) is 0 Å². The van der Waals surface area contributed by atoms with Crippen LogP contribution in [0.2, 0.25) is 0 Å². The molecule has 0 aliphatic rings. The summed E-state index contributed by atoms with van der Waals surface area (Å²) in [5.74, 6) is -0.143. The number of rotatable bonds is 3. The third-order valence-electron chi connectivity index (χ3n) is 2.86. The number of fused-ring (bicyclic) bond motifs is 1. The molecule has 2 N–H and O–H groups in total. The lowest BCUT2D eigenvalue weighted by Gasteiger charge is -1.99. The minimum atomic E-state index is -3.61. The molecule has 6 heteroatoms. The van der Waals surface area contributed by atoms with E-state index in [1.807, 2.05) is 6.07 Å². The molecular weight excluding hydrogens is 276 g/mol. The van der Waals surface area contributed by atoms with Crippen molar-refractivity contribution in [2.45, 2.75) is 11.0 Å². The number of anilines is 1. The zero-order valence-electron chi connectivity index (χ0n) is 10.5. The number of nitrogen functional groups attached to an aromatic ring is 1. The molecule has 0 amide bonds. The van der Waals surface area contributed by atoms with Gasteiger partial charge in [0.2, 0.25) is 9.84 Å². The number of hydrogen-bond donors (Lipinski definition) is 1. The van der Waals surface area contributed by atoms with Gasteiger partial charge in [0.25, 0.3) is 0 Å². The van der Waals surface area contributed by atoms with Crippen molar-refractivity contribution in [3.05, 3.63) is 54.1 Å². The normalized spacial score (nSPS) is 11.8. The molecule has 0 unspecified atom stereocenters. The average Bonchev–Trinajstić information content (AvgIpc) is 2.83. The van der Waals surface area contributed by atoms with E-state index in [0.717, 1.165) is 0 Å². The lowest BCUT2D eigenvalue weighted by molar-refractivity contribution is 0.458. The number of aromatic nitrogens is 1. The van der Waals surface area contributed by atoms with Gasteiger partial charge in [-0.05, 0) is 17.7 Å². The standard InChI is InChI=1S/C14H12N2O3S/c15-11-6-7-12-13(8-11)19-14(16-12)20(17,18)9-10-4-2-1-3-5-10/h1-8H,9,15H2. The van der Waals surface area contributed by atoms with Gasteiger partial charge in [0, 0.05) is 11.8 Å². The van der Waals surface area contributed by atoms with Crippen LogP contribution in [0.15, 0.2) is 58.2 Å². The molecule has 2 aromatic carbocycles. The van der Waals surface area contributed by atoms with Gasteiger partial charge in [0.1, 0.15) is 5.52 Å². The van der Waals surface area contributed by atoms with Crippen LogP contribution in [0.25, 0.3) is 11.1 Å². The van der Waals surface area contributed by atoms with Gasteiger partial charge >= 0.3 is 5.22 Å². The Labute approximate surface area is 116 Å². The summed E-state index contributed by atoms with van der Waals surface area (Å²) in [7, 11) is -3.61. The third-order valence-corrected chi connectivity index (χ3v) is 4.28. The minimum absolute atomic E-state index is 0.143. The van der Waals surface area contributed by atoms with Crippen LogP contribution in [-0.2, 0) is 15.6 Å². The number of nitrogens with zero attached hydrogens (tertiary/aromatic N) is 1. The minimum Gasteiger partial charge on any atom is -0.428 e. The van der Waals surface area contributed by atoms with E-state index in [1.165, 1.54) is 0 Å². The predicted molar refractivity (Wildman–Crippen MR) is 75.8 cm³/mol. The Morgan fingerprint density at radius 2 is 1.85 bits per heavy atom. The summed E-state index contributed by atoms with van der Waals surface area (Å²) in [5, 5.41) is -0.276. The van der Waals surface area contributed by atoms with E-state index in [-0.39, 0.29) is 11.0 Å². The second-order valence-electron chi connectivity index (χ2n) is 4.45. The number of sulfone groups is 1. The molecule has 0 aliphatic carbocycles. The Balaban J connectivity index is 2.01. The summed E-state index contributed by atoms with van der Waals surface area (Å²) in [6.07, 6.45) is 0. The molecule has 0 saturated heterocycles. The van der Waals surface area contributed by atoms with Crippen molar-refractivity contribution < 1.29 is 12.8 Å². The molecular formula is C14H12N2O3S. The second kappa shape index (κ2) is 4.64. The highest BCUT2D eigenvalue weighted by Gasteiger charge is 2.22. The van der Waals surface area contributed by atoms with Crippen LogP contribution in [0.3, 0.4) is 0 Å². The topological polar surface area (TPSA) is 86.2 Å². The summed E-state index contributed by atoms with van der Waals surface area (Å²) in [4.78, 5) is 4.01. The van der Waals surface area contributed by atoms with Gasteiger partial charge < -0.3 is 10.2 Å². The Morgan fingerprint density at radius 1 is 1.10 bits per heavy atom. The van der Waals surface area contributed by atoms with E-state index in [4.69, 9.17) is 10.2 Å². The molecule has 5 nitrogen and oxygen atoms in total. The fourth-order valence-corrected chi connectivity index (χ4v) is 3.12. The van der Waals surface area contributed by atoms with Gasteiger partial charge in [0.15, 0.2) is 5.58 Å². The SMILES string of the molecule is Nc1ccc2nc(S(=O)(=O)Cc3ccccc3)oc2c1. The molecule has 0 fully saturated rings. The highest BCUT2D eigenvalue weighted by atomic mass is 32.2. The molecule has 0 atom stereocenters.